The molecule has 0 radical (unpaired) electrons. The lowest BCUT2D eigenvalue weighted by molar-refractivity contribution is 0.102. The van der Waals surface area contributed by atoms with Crippen LogP contribution in [0, 0.1) is 20.8 Å². The normalized spacial score (nSPS) is 10.9. The molecule has 0 unspecified atom stereocenters. The van der Waals surface area contributed by atoms with E-state index in [-0.39, 0.29) is 5.91 Å². The molecular weight excluding hydrogens is 394 g/mol. The standard InChI is InChI=1S/C17H15BrClN3O2/c1-9-7-14(22(21-9)13-6-4-5-12(19)8-13)20-17(23)15-10(2)24-11(3)16(15)18/h4-8H,1-3H3,(H,20,23). The van der Waals surface area contributed by atoms with E-state index >= 15 is 0 Å². The van der Waals surface area contributed by atoms with E-state index in [0.29, 0.717) is 32.4 Å². The summed E-state index contributed by atoms with van der Waals surface area (Å²) in [6, 6.07) is 9.08. The van der Waals surface area contributed by atoms with Crippen molar-refractivity contribution in [2.75, 3.05) is 5.32 Å². The van der Waals surface area contributed by atoms with Gasteiger partial charge in [0.25, 0.3) is 5.91 Å². The average Bonchev–Trinajstić information content (AvgIpc) is 2.99. The Bertz CT molecular complexity index is 930. The number of nitrogens with zero attached hydrogens (tertiary/aromatic N) is 2. The monoisotopic (exact) mass is 407 g/mol. The van der Waals surface area contributed by atoms with Crippen LogP contribution in [0.4, 0.5) is 5.82 Å². The number of amides is 1. The SMILES string of the molecule is Cc1cc(NC(=O)c2c(C)oc(C)c2Br)n(-c2cccc(Cl)c2)n1. The fourth-order valence-corrected chi connectivity index (χ4v) is 3.21. The maximum atomic E-state index is 12.7. The number of benzene rings is 1. The molecular formula is C17H15BrClN3O2. The zero-order chi connectivity index (χ0) is 17.4. The Morgan fingerprint density at radius 3 is 2.62 bits per heavy atom. The summed E-state index contributed by atoms with van der Waals surface area (Å²) in [5, 5.41) is 7.92. The summed E-state index contributed by atoms with van der Waals surface area (Å²) >= 11 is 9.45. The molecule has 1 amide bonds. The zero-order valence-electron chi connectivity index (χ0n) is 13.4. The molecule has 0 aliphatic heterocycles. The second-order valence-electron chi connectivity index (χ2n) is 5.42. The Hall–Kier alpha value is -2.05. The van der Waals surface area contributed by atoms with Gasteiger partial charge in [-0.1, -0.05) is 17.7 Å². The number of aryl methyl sites for hydroxylation is 3. The maximum absolute atomic E-state index is 12.7. The van der Waals surface area contributed by atoms with E-state index in [9.17, 15) is 4.79 Å². The molecule has 2 heterocycles. The molecule has 5 nitrogen and oxygen atoms in total. The third-order valence-electron chi connectivity index (χ3n) is 3.54. The summed E-state index contributed by atoms with van der Waals surface area (Å²) in [6.45, 7) is 5.42. The van der Waals surface area contributed by atoms with E-state index < -0.39 is 0 Å². The molecule has 24 heavy (non-hydrogen) atoms. The Morgan fingerprint density at radius 2 is 2.00 bits per heavy atom. The van der Waals surface area contributed by atoms with Crippen molar-refractivity contribution in [1.29, 1.82) is 0 Å². The van der Waals surface area contributed by atoms with Crippen molar-refractivity contribution in [3.05, 3.63) is 62.6 Å². The number of carbonyl (C=O) groups excluding carboxylic acids is 1. The molecule has 7 heteroatoms. The van der Waals surface area contributed by atoms with E-state index in [1.165, 1.54) is 0 Å². The number of carbonyl (C=O) groups is 1. The van der Waals surface area contributed by atoms with Gasteiger partial charge < -0.3 is 9.73 Å². The lowest BCUT2D eigenvalue weighted by Crippen LogP contribution is -2.16. The van der Waals surface area contributed by atoms with Crippen LogP contribution >= 0.6 is 27.5 Å². The second-order valence-corrected chi connectivity index (χ2v) is 6.65. The summed E-state index contributed by atoms with van der Waals surface area (Å²) in [7, 11) is 0. The lowest BCUT2D eigenvalue weighted by atomic mass is 10.2. The molecule has 0 bridgehead atoms. The number of furan rings is 1. The van der Waals surface area contributed by atoms with Gasteiger partial charge in [-0.25, -0.2) is 4.68 Å². The highest BCUT2D eigenvalue weighted by Gasteiger charge is 2.21. The Labute approximate surface area is 152 Å². The number of anilines is 1. The van der Waals surface area contributed by atoms with E-state index in [1.54, 1.807) is 36.7 Å². The maximum Gasteiger partial charge on any atom is 0.261 e. The number of rotatable bonds is 3. The predicted molar refractivity (Wildman–Crippen MR) is 97.1 cm³/mol. The first-order chi connectivity index (χ1) is 11.4. The van der Waals surface area contributed by atoms with Crippen molar-refractivity contribution in [3.63, 3.8) is 0 Å². The van der Waals surface area contributed by atoms with Crippen molar-refractivity contribution in [2.45, 2.75) is 20.8 Å². The number of halogens is 2. The van der Waals surface area contributed by atoms with Crippen LogP contribution in [0.3, 0.4) is 0 Å². The third kappa shape index (κ3) is 3.12. The predicted octanol–water partition coefficient (Wildman–Crippen LogP) is 5.06. The van der Waals surface area contributed by atoms with Crippen molar-refractivity contribution >= 4 is 39.3 Å². The van der Waals surface area contributed by atoms with Gasteiger partial charge >= 0.3 is 0 Å². The van der Waals surface area contributed by atoms with Crippen molar-refractivity contribution in [3.8, 4) is 5.69 Å². The summed E-state index contributed by atoms with van der Waals surface area (Å²) in [4.78, 5) is 12.7. The second kappa shape index (κ2) is 6.45. The highest BCUT2D eigenvalue weighted by atomic mass is 79.9. The van der Waals surface area contributed by atoms with Gasteiger partial charge in [-0.05, 0) is 54.9 Å². The van der Waals surface area contributed by atoms with Crippen molar-refractivity contribution in [2.24, 2.45) is 0 Å². The highest BCUT2D eigenvalue weighted by Crippen LogP contribution is 2.28. The van der Waals surface area contributed by atoms with Crippen molar-refractivity contribution in [1.82, 2.24) is 9.78 Å². The molecule has 0 atom stereocenters. The third-order valence-corrected chi connectivity index (χ3v) is 4.73. The number of nitrogens with one attached hydrogen (secondary N) is 1. The van der Waals surface area contributed by atoms with Gasteiger partial charge in [-0.3, -0.25) is 4.79 Å². The first-order valence-corrected chi connectivity index (χ1v) is 8.43. The molecule has 0 aliphatic rings. The van der Waals surface area contributed by atoms with E-state index in [1.807, 2.05) is 19.1 Å². The molecule has 0 fully saturated rings. The van der Waals surface area contributed by atoms with E-state index in [2.05, 4.69) is 26.3 Å². The molecule has 3 rings (SSSR count). The van der Waals surface area contributed by atoms with Crippen LogP contribution in [-0.2, 0) is 0 Å². The quantitative estimate of drug-likeness (QED) is 0.659. The lowest BCUT2D eigenvalue weighted by Gasteiger charge is -2.09. The molecule has 1 N–H and O–H groups in total. The molecule has 0 aliphatic carbocycles. The highest BCUT2D eigenvalue weighted by molar-refractivity contribution is 9.10. The molecule has 1 aromatic carbocycles. The summed E-state index contributed by atoms with van der Waals surface area (Å²) < 4.78 is 7.80. The molecule has 2 aromatic heterocycles. The number of aromatic nitrogens is 2. The summed E-state index contributed by atoms with van der Waals surface area (Å²) in [5.41, 5.74) is 2.03. The Balaban J connectivity index is 1.98. The minimum atomic E-state index is -0.264. The average molecular weight is 409 g/mol. The van der Waals surface area contributed by atoms with Gasteiger partial charge in [0.2, 0.25) is 0 Å². The van der Waals surface area contributed by atoms with Gasteiger partial charge in [0.1, 0.15) is 17.3 Å². The summed E-state index contributed by atoms with van der Waals surface area (Å²) in [6.07, 6.45) is 0. The van der Waals surface area contributed by atoms with Crippen LogP contribution in [-0.4, -0.2) is 15.7 Å². The van der Waals surface area contributed by atoms with Crippen LogP contribution < -0.4 is 5.32 Å². The van der Waals surface area contributed by atoms with Gasteiger partial charge in [0, 0.05) is 11.1 Å². The van der Waals surface area contributed by atoms with Gasteiger partial charge in [-0.2, -0.15) is 5.10 Å². The minimum Gasteiger partial charge on any atom is -0.465 e. The van der Waals surface area contributed by atoms with Crippen LogP contribution in [0.15, 0.2) is 39.2 Å². The minimum absolute atomic E-state index is 0.264. The molecule has 3 aromatic rings. The first kappa shape index (κ1) is 16.8. The molecule has 0 saturated heterocycles. The van der Waals surface area contributed by atoms with Gasteiger partial charge in [0.15, 0.2) is 0 Å². The largest absolute Gasteiger partial charge is 0.465 e. The smallest absolute Gasteiger partial charge is 0.261 e. The fourth-order valence-electron chi connectivity index (χ4n) is 2.49. The first-order valence-electron chi connectivity index (χ1n) is 7.26. The van der Waals surface area contributed by atoms with Crippen molar-refractivity contribution < 1.29 is 9.21 Å². The molecule has 0 spiro atoms. The van der Waals surface area contributed by atoms with E-state index in [0.717, 1.165) is 11.4 Å². The zero-order valence-corrected chi connectivity index (χ0v) is 15.7. The van der Waals surface area contributed by atoms with Gasteiger partial charge in [-0.15, -0.1) is 0 Å². The molecule has 0 saturated carbocycles. The molecule has 124 valence electrons. The van der Waals surface area contributed by atoms with E-state index in [4.69, 9.17) is 16.0 Å². The van der Waals surface area contributed by atoms with Crippen LogP contribution in [0.25, 0.3) is 5.69 Å². The van der Waals surface area contributed by atoms with Crippen LogP contribution in [0.2, 0.25) is 5.02 Å². The van der Waals surface area contributed by atoms with Crippen LogP contribution in [0.5, 0.6) is 0 Å². The number of hydrogen-bond acceptors (Lipinski definition) is 3. The van der Waals surface area contributed by atoms with Crippen LogP contribution in [0.1, 0.15) is 27.6 Å². The topological polar surface area (TPSA) is 60.1 Å². The fraction of sp³-hybridized carbons (Fsp3) is 0.176. The summed E-state index contributed by atoms with van der Waals surface area (Å²) in [5.74, 6) is 1.52. The Morgan fingerprint density at radius 1 is 1.25 bits per heavy atom. The van der Waals surface area contributed by atoms with Gasteiger partial charge in [0.05, 0.1) is 21.4 Å². The Kier molecular flexibility index (Phi) is 4.51. The number of hydrogen-bond donors (Lipinski definition) is 1.